The Kier molecular flexibility index (Phi) is 6.06. The lowest BCUT2D eigenvalue weighted by Crippen LogP contribution is -2.41. The van der Waals surface area contributed by atoms with E-state index >= 15 is 0 Å². The highest BCUT2D eigenvalue weighted by atomic mass is 19.1. The summed E-state index contributed by atoms with van der Waals surface area (Å²) in [6, 6.07) is 12.9. The topological polar surface area (TPSA) is 122 Å². The second-order valence-electron chi connectivity index (χ2n) is 7.86. The Morgan fingerprint density at radius 3 is 2.60 bits per heavy atom. The summed E-state index contributed by atoms with van der Waals surface area (Å²) in [5, 5.41) is 16.4. The number of carboxylic acids is 1. The molecule has 178 valence electrons. The summed E-state index contributed by atoms with van der Waals surface area (Å²) in [6.45, 7) is 1.57. The van der Waals surface area contributed by atoms with Gasteiger partial charge in [-0.2, -0.15) is 5.10 Å². The summed E-state index contributed by atoms with van der Waals surface area (Å²) in [5.41, 5.74) is 3.19. The number of ether oxygens (including phenoxy) is 1. The average molecular weight is 476 g/mol. The van der Waals surface area contributed by atoms with E-state index in [4.69, 9.17) is 14.9 Å². The molecule has 1 saturated heterocycles. The molecule has 1 aliphatic heterocycles. The number of nitrogens with one attached hydrogen (secondary N) is 1. The van der Waals surface area contributed by atoms with E-state index in [1.54, 1.807) is 39.7 Å². The van der Waals surface area contributed by atoms with Crippen molar-refractivity contribution in [3.8, 4) is 22.5 Å². The molecule has 0 radical (unpaired) electrons. The Hall–Kier alpha value is -4.38. The number of nitrogens with zero attached hydrogens (tertiary/aromatic N) is 5. The molecular formula is C24H21FN6O4. The van der Waals surface area contributed by atoms with E-state index in [2.05, 4.69) is 15.3 Å². The number of carboxylic acid groups (broad SMARTS) is 1. The lowest BCUT2D eigenvalue weighted by molar-refractivity contribution is -0.134. The van der Waals surface area contributed by atoms with Crippen LogP contribution in [0.15, 0.2) is 54.7 Å². The minimum absolute atomic E-state index is 0.134. The number of carbonyl (C=O) groups is 2. The van der Waals surface area contributed by atoms with Gasteiger partial charge in [-0.25, -0.2) is 18.9 Å². The molecule has 1 aromatic carbocycles. The third kappa shape index (κ3) is 4.53. The smallest absolute Gasteiger partial charge is 0.322 e. The molecule has 0 saturated carbocycles. The lowest BCUT2D eigenvalue weighted by Gasteiger charge is -2.26. The molecule has 35 heavy (non-hydrogen) atoms. The van der Waals surface area contributed by atoms with Gasteiger partial charge in [0.05, 0.1) is 30.0 Å². The van der Waals surface area contributed by atoms with E-state index in [1.165, 1.54) is 18.3 Å². The summed E-state index contributed by atoms with van der Waals surface area (Å²) in [6.07, 6.45) is 1.51. The number of anilines is 1. The molecule has 1 aliphatic rings. The van der Waals surface area contributed by atoms with Crippen LogP contribution in [0.25, 0.3) is 28.0 Å². The van der Waals surface area contributed by atoms with Gasteiger partial charge in [-0.3, -0.25) is 9.59 Å². The fraction of sp³-hybridized carbons (Fsp3) is 0.208. The second kappa shape index (κ2) is 9.47. The van der Waals surface area contributed by atoms with Gasteiger partial charge in [0.2, 0.25) is 5.95 Å². The van der Waals surface area contributed by atoms with Crippen molar-refractivity contribution in [3.63, 3.8) is 0 Å². The number of fused-ring (bicyclic) bond motifs is 1. The standard InChI is InChI=1S/C24H21FN6O4/c25-16-6-4-15(5-7-16)22-21(17-8-9-26-24(28-17)27-14-20(32)33)18-2-1-3-19(31(18)29-22)23(34)30-10-12-35-13-11-30/h1-9H,10-14H2,(H,32,33)(H,26,27,28). The SMILES string of the molecule is O=C(O)CNc1nccc(-c2c(-c3ccc(F)cc3)nn3c(C(=O)N4CCOCC4)cccc23)n1. The van der Waals surface area contributed by atoms with E-state index in [1.807, 2.05) is 6.07 Å². The van der Waals surface area contributed by atoms with Gasteiger partial charge < -0.3 is 20.1 Å². The van der Waals surface area contributed by atoms with Crippen molar-refractivity contribution in [1.29, 1.82) is 0 Å². The summed E-state index contributed by atoms with van der Waals surface area (Å²) < 4.78 is 20.6. The van der Waals surface area contributed by atoms with Crippen LogP contribution < -0.4 is 5.32 Å². The first-order valence-electron chi connectivity index (χ1n) is 10.9. The van der Waals surface area contributed by atoms with Crippen molar-refractivity contribution < 1.29 is 23.8 Å². The largest absolute Gasteiger partial charge is 0.480 e. The molecular weight excluding hydrogens is 455 g/mol. The van der Waals surface area contributed by atoms with Crippen LogP contribution in [0.4, 0.5) is 10.3 Å². The monoisotopic (exact) mass is 476 g/mol. The predicted molar refractivity (Wildman–Crippen MR) is 124 cm³/mol. The fourth-order valence-electron chi connectivity index (χ4n) is 3.96. The number of pyridine rings is 1. The first kappa shape index (κ1) is 22.4. The normalized spacial score (nSPS) is 13.7. The van der Waals surface area contributed by atoms with Gasteiger partial charge in [-0.15, -0.1) is 0 Å². The van der Waals surface area contributed by atoms with Crippen LogP contribution >= 0.6 is 0 Å². The minimum Gasteiger partial charge on any atom is -0.480 e. The molecule has 0 atom stereocenters. The number of hydrogen-bond acceptors (Lipinski definition) is 7. The molecule has 1 amide bonds. The molecule has 11 heteroatoms. The zero-order valence-electron chi connectivity index (χ0n) is 18.5. The minimum atomic E-state index is -1.05. The first-order chi connectivity index (χ1) is 17.0. The molecule has 2 N–H and O–H groups in total. The van der Waals surface area contributed by atoms with Crippen LogP contribution in [0.3, 0.4) is 0 Å². The average Bonchev–Trinajstić information content (AvgIpc) is 3.28. The highest BCUT2D eigenvalue weighted by Gasteiger charge is 2.25. The van der Waals surface area contributed by atoms with Gasteiger partial charge in [0.15, 0.2) is 0 Å². The maximum Gasteiger partial charge on any atom is 0.322 e. The number of morpholine rings is 1. The highest BCUT2D eigenvalue weighted by Crippen LogP contribution is 2.35. The zero-order chi connectivity index (χ0) is 24.4. The summed E-state index contributed by atoms with van der Waals surface area (Å²) in [5.74, 6) is -1.47. The van der Waals surface area contributed by atoms with Gasteiger partial charge in [-0.05, 0) is 42.5 Å². The number of aromatic nitrogens is 4. The number of carbonyl (C=O) groups excluding carboxylic acids is 1. The van der Waals surface area contributed by atoms with Gasteiger partial charge in [0.25, 0.3) is 5.91 Å². The van der Waals surface area contributed by atoms with Gasteiger partial charge in [0.1, 0.15) is 23.7 Å². The fourth-order valence-corrected chi connectivity index (χ4v) is 3.96. The lowest BCUT2D eigenvalue weighted by atomic mass is 10.0. The molecule has 0 spiro atoms. The van der Waals surface area contributed by atoms with Gasteiger partial charge >= 0.3 is 5.97 Å². The third-order valence-electron chi connectivity index (χ3n) is 5.60. The van der Waals surface area contributed by atoms with Crippen molar-refractivity contribution in [3.05, 3.63) is 66.2 Å². The number of amides is 1. The van der Waals surface area contributed by atoms with Crippen molar-refractivity contribution in [2.45, 2.75) is 0 Å². The van der Waals surface area contributed by atoms with Crippen molar-refractivity contribution in [1.82, 2.24) is 24.5 Å². The van der Waals surface area contributed by atoms with Gasteiger partial charge in [-0.1, -0.05) is 6.07 Å². The summed E-state index contributed by atoms with van der Waals surface area (Å²) >= 11 is 0. The van der Waals surface area contributed by atoms with Crippen molar-refractivity contribution in [2.24, 2.45) is 0 Å². The molecule has 4 heterocycles. The molecule has 0 bridgehead atoms. The molecule has 0 aliphatic carbocycles. The molecule has 0 unspecified atom stereocenters. The Morgan fingerprint density at radius 2 is 1.86 bits per heavy atom. The zero-order valence-corrected chi connectivity index (χ0v) is 18.5. The number of halogens is 1. The maximum absolute atomic E-state index is 13.6. The molecule has 3 aromatic heterocycles. The Bertz CT molecular complexity index is 1400. The van der Waals surface area contributed by atoms with Crippen molar-refractivity contribution in [2.75, 3.05) is 38.2 Å². The molecule has 10 nitrogen and oxygen atoms in total. The summed E-state index contributed by atoms with van der Waals surface area (Å²) in [7, 11) is 0. The van der Waals surface area contributed by atoms with Crippen LogP contribution in [-0.2, 0) is 9.53 Å². The Morgan fingerprint density at radius 1 is 1.09 bits per heavy atom. The number of rotatable bonds is 6. The van der Waals surface area contributed by atoms with E-state index in [0.29, 0.717) is 60.0 Å². The molecule has 1 fully saturated rings. The number of hydrogen-bond donors (Lipinski definition) is 2. The van der Waals surface area contributed by atoms with Crippen LogP contribution in [0.2, 0.25) is 0 Å². The maximum atomic E-state index is 13.6. The molecule has 5 rings (SSSR count). The first-order valence-corrected chi connectivity index (χ1v) is 10.9. The van der Waals surface area contributed by atoms with Crippen LogP contribution in [0, 0.1) is 5.82 Å². The number of aliphatic carboxylic acids is 1. The molecule has 4 aromatic rings. The summed E-state index contributed by atoms with van der Waals surface area (Å²) in [4.78, 5) is 34.6. The Balaban J connectivity index is 1.67. The van der Waals surface area contributed by atoms with E-state index in [9.17, 15) is 14.0 Å². The Labute approximate surface area is 199 Å². The van der Waals surface area contributed by atoms with Crippen LogP contribution in [0.5, 0.6) is 0 Å². The predicted octanol–water partition coefficient (Wildman–Crippen LogP) is 2.57. The quantitative estimate of drug-likeness (QED) is 0.436. The van der Waals surface area contributed by atoms with Crippen molar-refractivity contribution >= 4 is 23.3 Å². The van der Waals surface area contributed by atoms with E-state index in [0.717, 1.165) is 0 Å². The van der Waals surface area contributed by atoms with E-state index < -0.39 is 5.97 Å². The third-order valence-corrected chi connectivity index (χ3v) is 5.60. The van der Waals surface area contributed by atoms with E-state index in [-0.39, 0.29) is 24.2 Å². The second-order valence-corrected chi connectivity index (χ2v) is 7.86. The number of benzene rings is 1. The van der Waals surface area contributed by atoms with Crippen LogP contribution in [-0.4, -0.2) is 74.3 Å². The highest BCUT2D eigenvalue weighted by molar-refractivity contribution is 5.97. The van der Waals surface area contributed by atoms with Crippen LogP contribution in [0.1, 0.15) is 10.5 Å². The van der Waals surface area contributed by atoms with Gasteiger partial charge in [0, 0.05) is 24.8 Å².